The second kappa shape index (κ2) is 9.92. The highest BCUT2D eigenvalue weighted by molar-refractivity contribution is 7.80. The highest BCUT2D eigenvalue weighted by Gasteiger charge is 2.08. The molecular formula is C21H20ClN5OS. The predicted octanol–water partition coefficient (Wildman–Crippen LogP) is 4.56. The van der Waals surface area contributed by atoms with E-state index in [0.717, 1.165) is 22.3 Å². The Labute approximate surface area is 179 Å². The van der Waals surface area contributed by atoms with Gasteiger partial charge >= 0.3 is 0 Å². The first kappa shape index (κ1) is 20.6. The molecule has 0 bridgehead atoms. The highest BCUT2D eigenvalue weighted by atomic mass is 35.5. The van der Waals surface area contributed by atoms with Gasteiger partial charge in [-0.1, -0.05) is 17.7 Å². The average molecular weight is 426 g/mol. The van der Waals surface area contributed by atoms with Crippen LogP contribution in [0.2, 0.25) is 5.02 Å². The molecular weight excluding hydrogens is 406 g/mol. The maximum absolute atomic E-state index is 9.46. The van der Waals surface area contributed by atoms with Crippen LogP contribution in [0.1, 0.15) is 12.5 Å². The third-order valence-electron chi connectivity index (χ3n) is 4.00. The van der Waals surface area contributed by atoms with Gasteiger partial charge in [-0.3, -0.25) is 0 Å². The number of rotatable bonds is 7. The van der Waals surface area contributed by atoms with Gasteiger partial charge in [-0.2, -0.15) is 5.26 Å². The largest absolute Gasteiger partial charge is 0.494 e. The van der Waals surface area contributed by atoms with Gasteiger partial charge in [0.05, 0.1) is 17.7 Å². The highest BCUT2D eigenvalue weighted by Crippen LogP contribution is 2.24. The smallest absolute Gasteiger partial charge is 0.170 e. The maximum Gasteiger partial charge on any atom is 0.170 e. The fourth-order valence-electron chi connectivity index (χ4n) is 2.73. The number of nitrogens with zero attached hydrogens (tertiary/aromatic N) is 2. The molecule has 1 aromatic heterocycles. The van der Waals surface area contributed by atoms with Crippen molar-refractivity contribution in [2.24, 2.45) is 0 Å². The van der Waals surface area contributed by atoms with Crippen LogP contribution in [0.3, 0.4) is 0 Å². The monoisotopic (exact) mass is 425 g/mol. The van der Waals surface area contributed by atoms with Crippen LogP contribution in [0.5, 0.6) is 5.75 Å². The molecule has 0 aliphatic carbocycles. The van der Waals surface area contributed by atoms with Crippen molar-refractivity contribution < 1.29 is 4.74 Å². The summed E-state index contributed by atoms with van der Waals surface area (Å²) in [7, 11) is 0. The number of fused-ring (bicyclic) bond motifs is 1. The van der Waals surface area contributed by atoms with Gasteiger partial charge in [-0.25, -0.2) is 4.98 Å². The van der Waals surface area contributed by atoms with E-state index in [4.69, 9.17) is 28.6 Å². The Morgan fingerprint density at radius 2 is 2.07 bits per heavy atom. The number of anilines is 2. The van der Waals surface area contributed by atoms with Gasteiger partial charge in [0.15, 0.2) is 5.11 Å². The van der Waals surface area contributed by atoms with E-state index in [0.29, 0.717) is 41.2 Å². The minimum atomic E-state index is 0.478. The molecule has 0 unspecified atom stereocenters. The molecule has 0 saturated carbocycles. The Morgan fingerprint density at radius 1 is 1.21 bits per heavy atom. The van der Waals surface area contributed by atoms with Crippen molar-refractivity contribution in [3.8, 4) is 11.8 Å². The molecule has 0 radical (unpaired) electrons. The molecule has 148 valence electrons. The van der Waals surface area contributed by atoms with Gasteiger partial charge in [0.2, 0.25) is 0 Å². The zero-order valence-corrected chi connectivity index (χ0v) is 17.4. The SMILES string of the molecule is CCOc1ccc2nc(NCCNC(=S)Nc3cccc(Cl)c3)c(C#N)cc2c1. The van der Waals surface area contributed by atoms with Gasteiger partial charge < -0.3 is 20.7 Å². The standard InChI is InChI=1S/C21H20ClN5OS/c1-2-28-18-6-7-19-14(11-18)10-15(13-23)20(27-19)24-8-9-25-21(29)26-17-5-3-4-16(22)12-17/h3-7,10-12H,2,8-9H2,1H3,(H,24,27)(H2,25,26,29). The molecule has 0 saturated heterocycles. The molecule has 0 aliphatic heterocycles. The van der Waals surface area contributed by atoms with E-state index in [9.17, 15) is 5.26 Å². The van der Waals surface area contributed by atoms with Crippen LogP contribution in [0, 0.1) is 11.3 Å². The topological polar surface area (TPSA) is 82.0 Å². The lowest BCUT2D eigenvalue weighted by Crippen LogP contribution is -2.32. The number of hydrogen-bond acceptors (Lipinski definition) is 5. The Balaban J connectivity index is 1.57. The zero-order valence-electron chi connectivity index (χ0n) is 15.8. The van der Waals surface area contributed by atoms with Crippen molar-refractivity contribution >= 4 is 51.3 Å². The summed E-state index contributed by atoms with van der Waals surface area (Å²) in [6.07, 6.45) is 0. The van der Waals surface area contributed by atoms with Crippen molar-refractivity contribution in [1.29, 1.82) is 5.26 Å². The molecule has 6 nitrogen and oxygen atoms in total. The maximum atomic E-state index is 9.46. The van der Waals surface area contributed by atoms with Crippen molar-refractivity contribution in [2.75, 3.05) is 30.3 Å². The Morgan fingerprint density at radius 3 is 2.83 bits per heavy atom. The minimum Gasteiger partial charge on any atom is -0.494 e. The van der Waals surface area contributed by atoms with E-state index >= 15 is 0 Å². The predicted molar refractivity (Wildman–Crippen MR) is 122 cm³/mol. The zero-order chi connectivity index (χ0) is 20.6. The summed E-state index contributed by atoms with van der Waals surface area (Å²) in [6, 6.07) is 17.0. The lowest BCUT2D eigenvalue weighted by molar-refractivity contribution is 0.340. The molecule has 0 fully saturated rings. The van der Waals surface area contributed by atoms with Gasteiger partial charge in [0.25, 0.3) is 0 Å². The van der Waals surface area contributed by atoms with Crippen LogP contribution in [-0.4, -0.2) is 29.8 Å². The first-order valence-electron chi connectivity index (χ1n) is 9.11. The first-order valence-corrected chi connectivity index (χ1v) is 9.89. The fraction of sp³-hybridized carbons (Fsp3) is 0.190. The number of ether oxygens (including phenoxy) is 1. The van der Waals surface area contributed by atoms with Crippen LogP contribution >= 0.6 is 23.8 Å². The Kier molecular flexibility index (Phi) is 7.06. The van der Waals surface area contributed by atoms with Crippen LogP contribution < -0.4 is 20.7 Å². The number of nitriles is 1. The summed E-state index contributed by atoms with van der Waals surface area (Å²) < 4.78 is 5.51. The van der Waals surface area contributed by atoms with Crippen molar-refractivity contribution in [3.05, 3.63) is 59.1 Å². The van der Waals surface area contributed by atoms with E-state index in [-0.39, 0.29) is 0 Å². The molecule has 2 aromatic carbocycles. The van der Waals surface area contributed by atoms with Crippen LogP contribution in [-0.2, 0) is 0 Å². The van der Waals surface area contributed by atoms with E-state index in [2.05, 4.69) is 27.0 Å². The first-order chi connectivity index (χ1) is 14.1. The molecule has 1 heterocycles. The molecule has 29 heavy (non-hydrogen) atoms. The second-order valence-corrected chi connectivity index (χ2v) is 6.95. The minimum absolute atomic E-state index is 0.478. The average Bonchev–Trinajstić information content (AvgIpc) is 2.71. The van der Waals surface area contributed by atoms with Crippen molar-refractivity contribution in [2.45, 2.75) is 6.92 Å². The van der Waals surface area contributed by atoms with Crippen LogP contribution in [0.4, 0.5) is 11.5 Å². The lowest BCUT2D eigenvalue weighted by atomic mass is 10.1. The summed E-state index contributed by atoms with van der Waals surface area (Å²) in [5.41, 5.74) is 2.09. The summed E-state index contributed by atoms with van der Waals surface area (Å²) in [5, 5.41) is 20.8. The summed E-state index contributed by atoms with van der Waals surface area (Å²) >= 11 is 11.2. The van der Waals surface area contributed by atoms with E-state index in [1.807, 2.05) is 43.3 Å². The van der Waals surface area contributed by atoms with Gasteiger partial charge in [-0.15, -0.1) is 0 Å². The number of benzene rings is 2. The van der Waals surface area contributed by atoms with Crippen LogP contribution in [0.15, 0.2) is 48.5 Å². The second-order valence-electron chi connectivity index (χ2n) is 6.10. The number of halogens is 1. The third kappa shape index (κ3) is 5.70. The van der Waals surface area contributed by atoms with Crippen molar-refractivity contribution in [3.63, 3.8) is 0 Å². The third-order valence-corrected chi connectivity index (χ3v) is 4.48. The van der Waals surface area contributed by atoms with Gasteiger partial charge in [0.1, 0.15) is 17.6 Å². The molecule has 3 aromatic rings. The van der Waals surface area contributed by atoms with E-state index in [1.54, 1.807) is 12.1 Å². The molecule has 0 spiro atoms. The van der Waals surface area contributed by atoms with Gasteiger partial charge in [0, 0.05) is 29.2 Å². The summed E-state index contributed by atoms with van der Waals surface area (Å²) in [4.78, 5) is 4.56. The molecule has 0 amide bonds. The molecule has 3 N–H and O–H groups in total. The molecule has 3 rings (SSSR count). The van der Waals surface area contributed by atoms with Gasteiger partial charge in [-0.05, 0) is 61.6 Å². The van der Waals surface area contributed by atoms with E-state index in [1.165, 1.54) is 0 Å². The Bertz CT molecular complexity index is 1070. The number of nitrogens with one attached hydrogen (secondary N) is 3. The summed E-state index contributed by atoms with van der Waals surface area (Å²) in [6.45, 7) is 3.62. The number of thiocarbonyl (C=S) groups is 1. The Hall–Kier alpha value is -3.08. The number of hydrogen-bond donors (Lipinski definition) is 3. The lowest BCUT2D eigenvalue weighted by Gasteiger charge is -2.13. The van der Waals surface area contributed by atoms with Crippen LogP contribution in [0.25, 0.3) is 10.9 Å². The van der Waals surface area contributed by atoms with Crippen molar-refractivity contribution in [1.82, 2.24) is 10.3 Å². The van der Waals surface area contributed by atoms with E-state index < -0.39 is 0 Å². The quantitative estimate of drug-likeness (QED) is 0.378. The molecule has 0 aliphatic rings. The molecule has 0 atom stereocenters. The summed E-state index contributed by atoms with van der Waals surface area (Å²) in [5.74, 6) is 1.30. The number of aromatic nitrogens is 1. The fourth-order valence-corrected chi connectivity index (χ4v) is 3.14. The number of pyridine rings is 1. The molecule has 8 heteroatoms. The normalized spacial score (nSPS) is 10.2.